The van der Waals surface area contributed by atoms with Gasteiger partial charge in [-0.3, -0.25) is 0 Å². The predicted octanol–water partition coefficient (Wildman–Crippen LogP) is 2.60. The quantitative estimate of drug-likeness (QED) is 0.392. The van der Waals surface area contributed by atoms with Crippen LogP contribution < -0.4 is 34.5 Å². The first-order valence-electron chi connectivity index (χ1n) is 10.4. The van der Waals surface area contributed by atoms with E-state index in [2.05, 4.69) is 9.88 Å². The third kappa shape index (κ3) is 4.71. The number of aromatic hydroxyl groups is 1. The minimum atomic E-state index is 0. The van der Waals surface area contributed by atoms with Crippen LogP contribution in [0, 0.1) is 20.3 Å². The van der Waals surface area contributed by atoms with Crippen LogP contribution in [0.3, 0.4) is 0 Å². The molecule has 0 spiro atoms. The number of nitrogens with zero attached hydrogens (tertiary/aromatic N) is 4. The maximum atomic E-state index is 10.7. The van der Waals surface area contributed by atoms with Crippen molar-refractivity contribution in [2.75, 3.05) is 18.0 Å². The first-order chi connectivity index (χ1) is 14.5. The van der Waals surface area contributed by atoms with Crippen molar-refractivity contribution in [1.82, 2.24) is 15.0 Å². The van der Waals surface area contributed by atoms with Crippen LogP contribution in [0.4, 0.5) is 5.82 Å². The first kappa shape index (κ1) is 23.5. The van der Waals surface area contributed by atoms with Gasteiger partial charge in [0.05, 0.1) is 16.7 Å². The number of hydrogen-bond donors (Lipinski definition) is 1. The third-order valence-electron chi connectivity index (χ3n) is 5.23. The van der Waals surface area contributed by atoms with Crippen LogP contribution in [0.15, 0.2) is 34.7 Å². The summed E-state index contributed by atoms with van der Waals surface area (Å²) in [6.45, 7) is 9.77. The number of anilines is 1. The Morgan fingerprint density at radius 2 is 1.61 bits per heavy atom. The number of aryl methyl sites for hydroxylation is 2. The van der Waals surface area contributed by atoms with Crippen molar-refractivity contribution in [3.63, 3.8) is 0 Å². The van der Waals surface area contributed by atoms with E-state index in [1.165, 1.54) is 12.8 Å². The van der Waals surface area contributed by atoms with Crippen molar-refractivity contribution in [2.24, 2.45) is 0 Å². The molecule has 0 atom stereocenters. The SMILES string of the molecule is C[CH-]C.Cc1nc2c(C)c(O)c(-c3ccc4nc(N5CCCC5)ccc4n3)cc2o1.[Na+]. The van der Waals surface area contributed by atoms with Crippen LogP contribution in [0.2, 0.25) is 0 Å². The maximum absolute atomic E-state index is 10.7. The van der Waals surface area contributed by atoms with Crippen LogP contribution in [0.1, 0.15) is 38.1 Å². The normalized spacial score (nSPS) is 13.2. The van der Waals surface area contributed by atoms with Gasteiger partial charge in [0.15, 0.2) is 11.5 Å². The molecule has 1 saturated heterocycles. The molecular weight excluding hydrogens is 399 g/mol. The number of pyridine rings is 2. The molecular formula is C24H27N4NaO2. The summed E-state index contributed by atoms with van der Waals surface area (Å²) in [5.74, 6) is 1.77. The van der Waals surface area contributed by atoms with Gasteiger partial charge in [0, 0.05) is 31.1 Å². The molecule has 0 saturated carbocycles. The van der Waals surface area contributed by atoms with Gasteiger partial charge < -0.3 is 20.8 Å². The molecule has 0 amide bonds. The second-order valence-electron chi connectivity index (χ2n) is 7.65. The van der Waals surface area contributed by atoms with Gasteiger partial charge in [-0.2, -0.15) is 13.8 Å². The molecule has 1 N–H and O–H groups in total. The van der Waals surface area contributed by atoms with Gasteiger partial charge in [-0.25, -0.2) is 15.0 Å². The smallest absolute Gasteiger partial charge is 0.507 e. The maximum Gasteiger partial charge on any atom is 1.00 e. The molecule has 1 fully saturated rings. The Morgan fingerprint density at radius 3 is 2.32 bits per heavy atom. The van der Waals surface area contributed by atoms with Crippen molar-refractivity contribution in [3.05, 3.63) is 48.2 Å². The van der Waals surface area contributed by atoms with Crippen molar-refractivity contribution in [2.45, 2.75) is 40.5 Å². The zero-order chi connectivity index (χ0) is 21.3. The summed E-state index contributed by atoms with van der Waals surface area (Å²) in [4.78, 5) is 16.1. The summed E-state index contributed by atoms with van der Waals surface area (Å²) in [5, 5.41) is 10.7. The van der Waals surface area contributed by atoms with Crippen LogP contribution in [0.25, 0.3) is 33.4 Å². The predicted molar refractivity (Wildman–Crippen MR) is 121 cm³/mol. The molecule has 6 nitrogen and oxygen atoms in total. The Bertz CT molecular complexity index is 1200. The van der Waals surface area contributed by atoms with E-state index < -0.39 is 0 Å². The second kappa shape index (κ2) is 9.98. The fourth-order valence-electron chi connectivity index (χ4n) is 3.79. The van der Waals surface area contributed by atoms with E-state index in [0.29, 0.717) is 33.8 Å². The van der Waals surface area contributed by atoms with Crippen LogP contribution in [-0.2, 0) is 0 Å². The molecule has 4 heterocycles. The molecule has 3 aromatic heterocycles. The first-order valence-corrected chi connectivity index (χ1v) is 10.4. The van der Waals surface area contributed by atoms with Crippen molar-refractivity contribution < 1.29 is 39.1 Å². The summed E-state index contributed by atoms with van der Waals surface area (Å²) in [7, 11) is 0. The average Bonchev–Trinajstić information content (AvgIpc) is 3.40. The van der Waals surface area contributed by atoms with Gasteiger partial charge in [-0.15, -0.1) is 0 Å². The summed E-state index contributed by atoms with van der Waals surface area (Å²) in [6, 6.07) is 9.69. The molecule has 1 aliphatic heterocycles. The van der Waals surface area contributed by atoms with Crippen molar-refractivity contribution in [3.8, 4) is 17.0 Å². The fourth-order valence-corrected chi connectivity index (χ4v) is 3.79. The number of oxazole rings is 1. The monoisotopic (exact) mass is 426 g/mol. The Labute approximate surface area is 205 Å². The minimum absolute atomic E-state index is 0. The Balaban J connectivity index is 0.000000645. The van der Waals surface area contributed by atoms with E-state index in [1.54, 1.807) is 13.0 Å². The fraction of sp³-hybridized carbons (Fsp3) is 0.333. The van der Waals surface area contributed by atoms with Gasteiger partial charge in [-0.1, -0.05) is 0 Å². The van der Waals surface area contributed by atoms with Gasteiger partial charge in [0.25, 0.3) is 0 Å². The number of phenolic OH excluding ortho intramolecular Hbond substituents is 1. The van der Waals surface area contributed by atoms with E-state index in [9.17, 15) is 5.11 Å². The zero-order valence-electron chi connectivity index (χ0n) is 18.9. The topological polar surface area (TPSA) is 75.3 Å². The van der Waals surface area contributed by atoms with E-state index in [0.717, 1.165) is 29.9 Å². The molecule has 4 aromatic rings. The number of phenols is 1. The Hall–Kier alpha value is -2.15. The molecule has 0 radical (unpaired) electrons. The third-order valence-corrected chi connectivity index (χ3v) is 5.23. The largest absolute Gasteiger partial charge is 1.00 e. The van der Waals surface area contributed by atoms with Gasteiger partial charge in [0.2, 0.25) is 0 Å². The van der Waals surface area contributed by atoms with Crippen molar-refractivity contribution in [1.29, 1.82) is 0 Å². The van der Waals surface area contributed by atoms with Crippen LogP contribution >= 0.6 is 0 Å². The molecule has 5 rings (SSSR count). The zero-order valence-corrected chi connectivity index (χ0v) is 20.9. The molecule has 1 aliphatic rings. The van der Waals surface area contributed by atoms with E-state index in [1.807, 2.05) is 51.5 Å². The van der Waals surface area contributed by atoms with E-state index >= 15 is 0 Å². The molecule has 0 unspecified atom stereocenters. The summed E-state index contributed by atoms with van der Waals surface area (Å²) >= 11 is 0. The summed E-state index contributed by atoms with van der Waals surface area (Å²) in [5.41, 5.74) is 5.03. The Morgan fingerprint density at radius 1 is 0.968 bits per heavy atom. The molecule has 7 heteroatoms. The summed E-state index contributed by atoms with van der Waals surface area (Å²) in [6.07, 6.45) is 4.44. The number of benzene rings is 1. The van der Waals surface area contributed by atoms with E-state index in [4.69, 9.17) is 14.4 Å². The van der Waals surface area contributed by atoms with Gasteiger partial charge >= 0.3 is 29.6 Å². The molecule has 1 aromatic carbocycles. The minimum Gasteiger partial charge on any atom is -0.507 e. The molecule has 0 bridgehead atoms. The van der Waals surface area contributed by atoms with E-state index in [-0.39, 0.29) is 35.3 Å². The number of hydrogen-bond acceptors (Lipinski definition) is 6. The molecule has 31 heavy (non-hydrogen) atoms. The standard InChI is InChI=1S/C21H20N4O2.C3H7.Na/c1-12-20-18(27-13(2)22-20)11-14(21(12)26)15-5-6-17-16(23-15)7-8-19(24-17)25-9-3-4-10-25;1-3-2;/h5-8,11,26H,3-4,9-10H2,1-2H3;3H,1-2H3;/q;-1;+1. The Kier molecular flexibility index (Phi) is 7.57. The van der Waals surface area contributed by atoms with Crippen LogP contribution in [-0.4, -0.2) is 33.1 Å². The average molecular weight is 426 g/mol. The van der Waals surface area contributed by atoms with Crippen molar-refractivity contribution >= 4 is 28.0 Å². The van der Waals surface area contributed by atoms with Gasteiger partial charge in [-0.05, 0) is 50.1 Å². The molecule has 156 valence electrons. The number of rotatable bonds is 2. The molecule has 0 aliphatic carbocycles. The van der Waals surface area contributed by atoms with Gasteiger partial charge in [0.1, 0.15) is 17.1 Å². The summed E-state index contributed by atoms with van der Waals surface area (Å²) < 4.78 is 5.66. The van der Waals surface area contributed by atoms with Crippen LogP contribution in [0.5, 0.6) is 5.75 Å². The number of aromatic nitrogens is 3. The number of fused-ring (bicyclic) bond motifs is 2. The second-order valence-corrected chi connectivity index (χ2v) is 7.65.